The summed E-state index contributed by atoms with van der Waals surface area (Å²) in [6.07, 6.45) is 0. The molecular formula is C37H23NO2S. The van der Waals surface area contributed by atoms with Gasteiger partial charge < -0.3 is 0 Å². The van der Waals surface area contributed by atoms with E-state index >= 15 is 0 Å². The number of nitriles is 1. The molecule has 3 nitrogen and oxygen atoms in total. The fourth-order valence-electron chi connectivity index (χ4n) is 5.79. The first-order valence-corrected chi connectivity index (χ1v) is 14.8. The number of hydrogen-bond donors (Lipinski definition) is 0. The topological polar surface area (TPSA) is 57.9 Å². The van der Waals surface area contributed by atoms with E-state index in [0.29, 0.717) is 16.7 Å². The third-order valence-electron chi connectivity index (χ3n) is 7.73. The lowest BCUT2D eigenvalue weighted by Gasteiger charge is -2.18. The number of hydrogen-bond acceptors (Lipinski definition) is 3. The maximum atomic E-state index is 14.5. The van der Waals surface area contributed by atoms with Gasteiger partial charge in [0.05, 0.1) is 21.4 Å². The smallest absolute Gasteiger partial charge is 0.207 e. The minimum Gasteiger partial charge on any atom is -0.218 e. The van der Waals surface area contributed by atoms with Crippen molar-refractivity contribution in [3.05, 3.63) is 145 Å². The van der Waals surface area contributed by atoms with Crippen LogP contribution < -0.4 is 0 Å². The molecule has 1 aliphatic heterocycles. The molecule has 0 atom stereocenters. The van der Waals surface area contributed by atoms with Crippen molar-refractivity contribution in [2.75, 3.05) is 0 Å². The molecule has 0 unspecified atom stereocenters. The van der Waals surface area contributed by atoms with Crippen LogP contribution in [0.2, 0.25) is 0 Å². The van der Waals surface area contributed by atoms with Crippen LogP contribution in [-0.2, 0) is 9.84 Å². The number of fused-ring (bicyclic) bond motifs is 9. The molecule has 0 saturated heterocycles. The highest BCUT2D eigenvalue weighted by atomic mass is 32.2. The van der Waals surface area contributed by atoms with Gasteiger partial charge in [0.2, 0.25) is 9.84 Å². The monoisotopic (exact) mass is 545 g/mol. The van der Waals surface area contributed by atoms with Gasteiger partial charge in [-0.1, -0.05) is 109 Å². The second-order valence-electron chi connectivity index (χ2n) is 10.0. The Bertz CT molecular complexity index is 2120. The lowest BCUT2D eigenvalue weighted by molar-refractivity contribution is 0.596. The second kappa shape index (κ2) is 9.75. The molecule has 0 aliphatic carbocycles. The molecule has 4 heteroatoms. The minimum atomic E-state index is -3.91. The Labute approximate surface area is 239 Å². The van der Waals surface area contributed by atoms with Crippen molar-refractivity contribution >= 4 is 9.84 Å². The summed E-state index contributed by atoms with van der Waals surface area (Å²) >= 11 is 0. The Morgan fingerprint density at radius 3 is 1.32 bits per heavy atom. The van der Waals surface area contributed by atoms with Gasteiger partial charge in [-0.3, -0.25) is 0 Å². The summed E-state index contributed by atoms with van der Waals surface area (Å²) in [5.74, 6) is 0. The molecule has 0 radical (unpaired) electrons. The maximum Gasteiger partial charge on any atom is 0.207 e. The van der Waals surface area contributed by atoms with Gasteiger partial charge >= 0.3 is 0 Å². The molecule has 0 bridgehead atoms. The zero-order valence-corrected chi connectivity index (χ0v) is 22.8. The molecule has 0 spiro atoms. The molecule has 1 heterocycles. The molecule has 0 N–H and O–H groups in total. The molecule has 0 amide bonds. The lowest BCUT2D eigenvalue weighted by atomic mass is 9.85. The van der Waals surface area contributed by atoms with Crippen molar-refractivity contribution < 1.29 is 8.42 Å². The number of nitrogens with zero attached hydrogens (tertiary/aromatic N) is 1. The van der Waals surface area contributed by atoms with E-state index in [2.05, 4.69) is 42.5 Å². The first-order chi connectivity index (χ1) is 20.1. The quantitative estimate of drug-likeness (QED) is 0.207. The summed E-state index contributed by atoms with van der Waals surface area (Å²) in [5.41, 5.74) is 9.47. The van der Waals surface area contributed by atoms with Gasteiger partial charge in [-0.2, -0.15) is 5.26 Å². The average molecular weight is 546 g/mol. The summed E-state index contributed by atoms with van der Waals surface area (Å²) in [6.45, 7) is 0. The molecule has 0 fully saturated rings. The largest absolute Gasteiger partial charge is 0.218 e. The van der Waals surface area contributed by atoms with Gasteiger partial charge in [0.25, 0.3) is 0 Å². The molecule has 7 rings (SSSR count). The van der Waals surface area contributed by atoms with Crippen LogP contribution in [0.3, 0.4) is 0 Å². The summed E-state index contributed by atoms with van der Waals surface area (Å²) < 4.78 is 29.1. The second-order valence-corrected chi connectivity index (χ2v) is 11.9. The molecule has 0 aromatic heterocycles. The Morgan fingerprint density at radius 1 is 0.415 bits per heavy atom. The molecular weight excluding hydrogens is 522 g/mol. The Balaban J connectivity index is 1.63. The van der Waals surface area contributed by atoms with Crippen LogP contribution in [0.25, 0.3) is 55.6 Å². The van der Waals surface area contributed by atoms with Crippen LogP contribution in [0.15, 0.2) is 149 Å². The van der Waals surface area contributed by atoms with E-state index in [1.165, 1.54) is 0 Å². The standard InChI is InChI=1S/C37H23NO2S/c38-24-25-17-19-26(20-18-25)27-21-22-32-30-11-2-1-9-28(30)29-10-3-4-12-31(29)33-13-5-7-15-36(33)41(39,40)37-16-8-6-14-34(37)35(32)23-27/h1-23H. The number of rotatable bonds is 1. The van der Waals surface area contributed by atoms with Gasteiger partial charge in [0, 0.05) is 11.1 Å². The maximum absolute atomic E-state index is 14.5. The first-order valence-electron chi connectivity index (χ1n) is 13.3. The Hall–Kier alpha value is -5.24. The SMILES string of the molecule is N#Cc1ccc(-c2ccc3c(c2)-c2ccccc2S(=O)(=O)c2ccccc2-c2ccccc2-c2ccccc2-3)cc1. The summed E-state index contributed by atoms with van der Waals surface area (Å²) in [5, 5.41) is 9.27. The van der Waals surface area contributed by atoms with Crippen LogP contribution in [0.1, 0.15) is 5.56 Å². The third kappa shape index (κ3) is 4.07. The highest BCUT2D eigenvalue weighted by molar-refractivity contribution is 7.91. The zero-order chi connectivity index (χ0) is 28.0. The first kappa shape index (κ1) is 24.8. The lowest BCUT2D eigenvalue weighted by Crippen LogP contribution is -2.06. The molecule has 194 valence electrons. The van der Waals surface area contributed by atoms with E-state index in [1.807, 2.05) is 66.7 Å². The van der Waals surface area contributed by atoms with Gasteiger partial charge in [0.15, 0.2) is 0 Å². The van der Waals surface area contributed by atoms with Crippen molar-refractivity contribution in [3.8, 4) is 61.7 Å². The molecule has 1 aliphatic rings. The van der Waals surface area contributed by atoms with Crippen molar-refractivity contribution in [1.29, 1.82) is 5.26 Å². The summed E-state index contributed by atoms with van der Waals surface area (Å²) in [7, 11) is -3.91. The third-order valence-corrected chi connectivity index (χ3v) is 9.60. The average Bonchev–Trinajstić information content (AvgIpc) is 3.05. The van der Waals surface area contributed by atoms with E-state index in [0.717, 1.165) is 44.5 Å². The van der Waals surface area contributed by atoms with Gasteiger partial charge in [-0.05, 0) is 74.8 Å². The van der Waals surface area contributed by atoms with Crippen LogP contribution in [0.4, 0.5) is 0 Å². The van der Waals surface area contributed by atoms with Crippen molar-refractivity contribution in [2.24, 2.45) is 0 Å². The van der Waals surface area contributed by atoms with Gasteiger partial charge in [-0.25, -0.2) is 8.42 Å². The normalized spacial score (nSPS) is 12.8. The van der Waals surface area contributed by atoms with Crippen molar-refractivity contribution in [2.45, 2.75) is 9.79 Å². The van der Waals surface area contributed by atoms with E-state index in [1.54, 1.807) is 36.4 Å². The summed E-state index contributed by atoms with van der Waals surface area (Å²) in [4.78, 5) is 0.548. The van der Waals surface area contributed by atoms with Crippen molar-refractivity contribution in [3.63, 3.8) is 0 Å². The number of benzene rings is 6. The molecule has 41 heavy (non-hydrogen) atoms. The summed E-state index contributed by atoms with van der Waals surface area (Å²) in [6, 6.07) is 46.6. The Kier molecular flexibility index (Phi) is 5.89. The van der Waals surface area contributed by atoms with Crippen molar-refractivity contribution in [1.82, 2.24) is 0 Å². The van der Waals surface area contributed by atoms with E-state index in [9.17, 15) is 13.7 Å². The highest BCUT2D eigenvalue weighted by Crippen LogP contribution is 2.47. The predicted octanol–water partition coefficient (Wildman–Crippen LogP) is 9.04. The fourth-order valence-corrected chi connectivity index (χ4v) is 7.48. The fraction of sp³-hybridized carbons (Fsp3) is 0. The van der Waals surface area contributed by atoms with Crippen LogP contribution >= 0.6 is 0 Å². The molecule has 0 saturated carbocycles. The van der Waals surface area contributed by atoms with Crippen LogP contribution in [0.5, 0.6) is 0 Å². The predicted molar refractivity (Wildman–Crippen MR) is 164 cm³/mol. The number of sulfone groups is 1. The highest BCUT2D eigenvalue weighted by Gasteiger charge is 2.28. The van der Waals surface area contributed by atoms with E-state index in [4.69, 9.17) is 0 Å². The zero-order valence-electron chi connectivity index (χ0n) is 22.0. The minimum absolute atomic E-state index is 0.266. The molecule has 6 aromatic rings. The van der Waals surface area contributed by atoms with Crippen LogP contribution in [0, 0.1) is 11.3 Å². The van der Waals surface area contributed by atoms with E-state index in [-0.39, 0.29) is 9.79 Å². The van der Waals surface area contributed by atoms with Crippen LogP contribution in [-0.4, -0.2) is 8.42 Å². The molecule has 6 aromatic carbocycles. The van der Waals surface area contributed by atoms with E-state index < -0.39 is 9.84 Å². The van der Waals surface area contributed by atoms with Gasteiger partial charge in [0.1, 0.15) is 0 Å². The van der Waals surface area contributed by atoms with Gasteiger partial charge in [-0.15, -0.1) is 0 Å². The Morgan fingerprint density at radius 2 is 0.805 bits per heavy atom.